The van der Waals surface area contributed by atoms with Gasteiger partial charge in [0.05, 0.1) is 13.5 Å². The van der Waals surface area contributed by atoms with Crippen molar-refractivity contribution < 1.29 is 53.4 Å². The van der Waals surface area contributed by atoms with E-state index in [0.29, 0.717) is 0 Å². The highest BCUT2D eigenvalue weighted by Crippen LogP contribution is 2.64. The molecule has 0 atom stereocenters. The molecular weight excluding hydrogens is 342 g/mol. The molecule has 0 spiro atoms. The molecule has 0 aromatic heterocycles. The van der Waals surface area contributed by atoms with E-state index >= 15 is 0 Å². The number of methoxy groups -OCH3 is 1. The Morgan fingerprint density at radius 3 is 1.36 bits per heavy atom. The second kappa shape index (κ2) is 5.61. The highest BCUT2D eigenvalue weighted by Gasteiger charge is 2.91. The van der Waals surface area contributed by atoms with Gasteiger partial charge in [0.1, 0.15) is 0 Å². The lowest BCUT2D eigenvalue weighted by molar-refractivity contribution is -0.443. The third-order valence-corrected chi connectivity index (χ3v) is 2.52. The van der Waals surface area contributed by atoms with E-state index in [1.807, 2.05) is 0 Å². The third kappa shape index (κ3) is 2.86. The zero-order valence-electron chi connectivity index (χ0n) is 10.6. The van der Waals surface area contributed by atoms with Crippen LogP contribution < -0.4 is 0 Å². The van der Waals surface area contributed by atoms with Crippen molar-refractivity contribution in [2.24, 2.45) is 0 Å². The number of halogens is 10. The molecule has 1 fully saturated rings. The molecule has 0 saturated heterocycles. The molecule has 0 aliphatic heterocycles. The minimum absolute atomic E-state index is 0.394. The number of esters is 1. The summed E-state index contributed by atoms with van der Waals surface area (Å²) in [6, 6.07) is 0. The number of carbonyl (C=O) groups excluding carboxylic acids is 1. The van der Waals surface area contributed by atoms with E-state index in [-0.39, 0.29) is 0 Å². The van der Waals surface area contributed by atoms with Gasteiger partial charge < -0.3 is 4.74 Å². The molecule has 12 heteroatoms. The van der Waals surface area contributed by atoms with Gasteiger partial charge in [-0.2, -0.15) is 43.9 Å². The fourth-order valence-electron chi connectivity index (χ4n) is 1.24. The molecule has 0 aromatic carbocycles. The van der Waals surface area contributed by atoms with Crippen LogP contribution in [0.15, 0.2) is 12.7 Å². The minimum atomic E-state index is -6.83. The van der Waals surface area contributed by atoms with E-state index in [0.717, 1.165) is 6.08 Å². The van der Waals surface area contributed by atoms with Crippen LogP contribution in [0.2, 0.25) is 0 Å². The van der Waals surface area contributed by atoms with E-state index in [1.54, 1.807) is 0 Å². The van der Waals surface area contributed by atoms with Gasteiger partial charge >= 0.3 is 35.6 Å². The van der Waals surface area contributed by atoms with Crippen molar-refractivity contribution in [1.29, 1.82) is 0 Å². The lowest BCUT2D eigenvalue weighted by Gasteiger charge is -2.45. The Morgan fingerprint density at radius 1 is 0.864 bits per heavy atom. The molecule has 1 saturated carbocycles. The summed E-state index contributed by atoms with van der Waals surface area (Å²) in [5.41, 5.74) is 0. The summed E-state index contributed by atoms with van der Waals surface area (Å²) in [6.07, 6.45) is -2.23. The first-order valence-electron chi connectivity index (χ1n) is 5.11. The van der Waals surface area contributed by atoms with E-state index in [4.69, 9.17) is 0 Å². The van der Waals surface area contributed by atoms with Gasteiger partial charge in [-0.3, -0.25) is 0 Å². The predicted octanol–water partition coefficient (Wildman–Crippen LogP) is 3.91. The molecule has 1 rings (SSSR count). The monoisotopic (exact) mass is 350 g/mol. The normalized spacial score (nSPS) is 26.1. The van der Waals surface area contributed by atoms with Crippen LogP contribution >= 0.6 is 0 Å². The average Bonchev–Trinajstić information content (AvgIpc) is 2.35. The van der Waals surface area contributed by atoms with Gasteiger partial charge in [0.2, 0.25) is 0 Å². The fraction of sp³-hybridized carbons (Fsp3) is 0.700. The van der Waals surface area contributed by atoms with Crippen LogP contribution in [0.4, 0.5) is 43.9 Å². The molecule has 0 heterocycles. The molecule has 130 valence electrons. The van der Waals surface area contributed by atoms with Crippen molar-refractivity contribution in [1.82, 2.24) is 0 Å². The molecular formula is C10H8F10O2. The second-order valence-corrected chi connectivity index (χ2v) is 4.04. The molecule has 0 amide bonds. The maximum absolute atomic E-state index is 12.3. The Balaban J connectivity index is 0.000000626. The molecule has 1 aliphatic rings. The summed E-state index contributed by atoms with van der Waals surface area (Å²) >= 11 is 0. The fourth-order valence-corrected chi connectivity index (χ4v) is 1.24. The van der Waals surface area contributed by atoms with Crippen LogP contribution in [0.3, 0.4) is 0 Å². The van der Waals surface area contributed by atoms with Crippen molar-refractivity contribution in [3.05, 3.63) is 12.7 Å². The Kier molecular flexibility index (Phi) is 5.23. The number of rotatable bonds is 1. The summed E-state index contributed by atoms with van der Waals surface area (Å²) in [6.45, 7) is 3.16. The van der Waals surface area contributed by atoms with Gasteiger partial charge in [-0.1, -0.05) is 6.58 Å². The Bertz CT molecular complexity index is 415. The van der Waals surface area contributed by atoms with E-state index in [1.165, 1.54) is 7.11 Å². The van der Waals surface area contributed by atoms with Crippen LogP contribution in [-0.4, -0.2) is 42.7 Å². The van der Waals surface area contributed by atoms with Gasteiger partial charge in [0, 0.05) is 6.08 Å². The lowest BCUT2D eigenvalue weighted by atomic mass is 9.83. The second-order valence-electron chi connectivity index (χ2n) is 4.04. The topological polar surface area (TPSA) is 26.3 Å². The molecule has 22 heavy (non-hydrogen) atoms. The molecule has 0 unspecified atom stereocenters. The Morgan fingerprint density at radius 2 is 1.18 bits per heavy atom. The number of carbonyl (C=O) groups is 1. The summed E-state index contributed by atoms with van der Waals surface area (Å²) in [5.74, 6) is -32.1. The van der Waals surface area contributed by atoms with Gasteiger partial charge in [-0.05, 0) is 0 Å². The first-order chi connectivity index (χ1) is 9.52. The smallest absolute Gasteiger partial charge is 0.384 e. The molecule has 0 bridgehead atoms. The van der Waals surface area contributed by atoms with Crippen molar-refractivity contribution in [3.63, 3.8) is 0 Å². The van der Waals surface area contributed by atoms with E-state index < -0.39 is 42.0 Å². The van der Waals surface area contributed by atoms with Crippen molar-refractivity contribution in [2.45, 2.75) is 36.0 Å². The lowest BCUT2D eigenvalue weighted by Crippen LogP contribution is -2.73. The molecule has 0 aromatic rings. The molecule has 0 radical (unpaired) electrons. The summed E-state index contributed by atoms with van der Waals surface area (Å²) < 4.78 is 127. The number of hydrogen-bond donors (Lipinski definition) is 0. The van der Waals surface area contributed by atoms with Crippen molar-refractivity contribution >= 4 is 5.97 Å². The molecule has 2 nitrogen and oxygen atoms in total. The first-order valence-corrected chi connectivity index (χ1v) is 5.11. The standard InChI is InChI=1S/C6H2F10.C4H6O2/c7-2(8)1-3(9,10)5(13,14)6(15,16)4(2,11)12;1-3-4(5)6-2/h1H2;3H,1H2,2H3. The quantitative estimate of drug-likeness (QED) is 0.407. The summed E-state index contributed by atoms with van der Waals surface area (Å²) in [7, 11) is 1.31. The highest BCUT2D eigenvalue weighted by atomic mass is 19.4. The summed E-state index contributed by atoms with van der Waals surface area (Å²) in [4.78, 5) is 9.84. The SMILES string of the molecule is C=CC(=O)OC.FC1(F)CC(F)(F)C(F)(F)C(F)(F)C1(F)F. The Hall–Kier alpha value is -1.49. The van der Waals surface area contributed by atoms with Gasteiger partial charge in [-0.25, -0.2) is 4.79 Å². The minimum Gasteiger partial charge on any atom is -0.466 e. The van der Waals surface area contributed by atoms with Crippen molar-refractivity contribution in [3.8, 4) is 0 Å². The van der Waals surface area contributed by atoms with Crippen molar-refractivity contribution in [2.75, 3.05) is 7.11 Å². The Labute approximate surface area is 116 Å². The van der Waals surface area contributed by atoms with E-state index in [9.17, 15) is 48.7 Å². The molecule has 1 aliphatic carbocycles. The van der Waals surface area contributed by atoms with Crippen LogP contribution in [0.1, 0.15) is 6.42 Å². The number of hydrogen-bond acceptors (Lipinski definition) is 2. The zero-order chi connectivity index (χ0) is 18.2. The number of alkyl halides is 10. The van der Waals surface area contributed by atoms with E-state index in [2.05, 4.69) is 11.3 Å². The van der Waals surface area contributed by atoms with Crippen LogP contribution in [-0.2, 0) is 9.53 Å². The molecule has 0 N–H and O–H groups in total. The third-order valence-electron chi connectivity index (χ3n) is 2.52. The van der Waals surface area contributed by atoms with Crippen LogP contribution in [0, 0.1) is 0 Å². The largest absolute Gasteiger partial charge is 0.466 e. The van der Waals surface area contributed by atoms with Crippen LogP contribution in [0.5, 0.6) is 0 Å². The maximum Gasteiger partial charge on any atom is 0.384 e. The predicted molar refractivity (Wildman–Crippen MR) is 51.6 cm³/mol. The average molecular weight is 350 g/mol. The van der Waals surface area contributed by atoms with Crippen LogP contribution in [0.25, 0.3) is 0 Å². The van der Waals surface area contributed by atoms with Gasteiger partial charge in [0.25, 0.3) is 0 Å². The summed E-state index contributed by atoms with van der Waals surface area (Å²) in [5, 5.41) is 0. The zero-order valence-corrected chi connectivity index (χ0v) is 10.6. The highest BCUT2D eigenvalue weighted by molar-refractivity contribution is 5.80. The first kappa shape index (κ1) is 20.5. The maximum atomic E-state index is 12.3. The van der Waals surface area contributed by atoms with Gasteiger partial charge in [-0.15, -0.1) is 0 Å². The number of ether oxygens (including phenoxy) is 1. The van der Waals surface area contributed by atoms with Gasteiger partial charge in [0.15, 0.2) is 0 Å².